The van der Waals surface area contributed by atoms with Crippen molar-refractivity contribution in [3.63, 3.8) is 0 Å². The van der Waals surface area contributed by atoms with Crippen LogP contribution in [-0.2, 0) is 4.79 Å². The molecule has 1 aliphatic carbocycles. The Labute approximate surface area is 123 Å². The molecule has 0 spiro atoms. The number of piperazine rings is 1. The van der Waals surface area contributed by atoms with Gasteiger partial charge in [0.15, 0.2) is 0 Å². The Balaban J connectivity index is 1.77. The predicted molar refractivity (Wildman–Crippen MR) is 82.4 cm³/mol. The van der Waals surface area contributed by atoms with Crippen LogP contribution in [0.1, 0.15) is 46.0 Å². The zero-order chi connectivity index (χ0) is 14.5. The third kappa shape index (κ3) is 3.73. The van der Waals surface area contributed by atoms with Gasteiger partial charge in [0, 0.05) is 38.1 Å². The standard InChI is InChI=1S/C16H31N3O/c1-3-13(2)18-8-10-19(11-9-18)16(20)15-6-4-14(12-17)5-7-15/h13-15H,3-12,17H2,1-2H3. The lowest BCUT2D eigenvalue weighted by atomic mass is 9.81. The Morgan fingerprint density at radius 2 is 1.75 bits per heavy atom. The second kappa shape index (κ2) is 7.41. The van der Waals surface area contributed by atoms with Crippen LogP contribution in [0.3, 0.4) is 0 Å². The normalized spacial score (nSPS) is 30.2. The first-order valence-electron chi connectivity index (χ1n) is 8.38. The van der Waals surface area contributed by atoms with Crippen molar-refractivity contribution in [1.29, 1.82) is 0 Å². The molecule has 1 saturated heterocycles. The summed E-state index contributed by atoms with van der Waals surface area (Å²) in [5, 5.41) is 0. The molecule has 1 amide bonds. The number of nitrogens with zero attached hydrogens (tertiary/aromatic N) is 2. The summed E-state index contributed by atoms with van der Waals surface area (Å²) < 4.78 is 0. The molecule has 1 unspecified atom stereocenters. The Hall–Kier alpha value is -0.610. The summed E-state index contributed by atoms with van der Waals surface area (Å²) in [6.07, 6.45) is 5.56. The fourth-order valence-corrected chi connectivity index (χ4v) is 3.54. The quantitative estimate of drug-likeness (QED) is 0.853. The number of amides is 1. The molecule has 0 aromatic carbocycles. The smallest absolute Gasteiger partial charge is 0.225 e. The maximum atomic E-state index is 12.6. The van der Waals surface area contributed by atoms with Crippen LogP contribution in [-0.4, -0.2) is 54.5 Å². The van der Waals surface area contributed by atoms with Gasteiger partial charge >= 0.3 is 0 Å². The van der Waals surface area contributed by atoms with Gasteiger partial charge in [0.1, 0.15) is 0 Å². The molecular formula is C16H31N3O. The van der Waals surface area contributed by atoms with Crippen molar-refractivity contribution in [2.75, 3.05) is 32.7 Å². The second-order valence-electron chi connectivity index (χ2n) is 6.57. The molecule has 1 heterocycles. The molecule has 4 heteroatoms. The fourth-order valence-electron chi connectivity index (χ4n) is 3.54. The van der Waals surface area contributed by atoms with E-state index in [-0.39, 0.29) is 5.92 Å². The van der Waals surface area contributed by atoms with Crippen LogP contribution in [0.25, 0.3) is 0 Å². The van der Waals surface area contributed by atoms with Crippen molar-refractivity contribution in [1.82, 2.24) is 9.80 Å². The molecule has 1 atom stereocenters. The fraction of sp³-hybridized carbons (Fsp3) is 0.938. The first kappa shape index (κ1) is 15.8. The molecule has 0 aromatic rings. The molecule has 2 N–H and O–H groups in total. The predicted octanol–water partition coefficient (Wildman–Crippen LogP) is 1.69. The van der Waals surface area contributed by atoms with Crippen LogP contribution in [0.2, 0.25) is 0 Å². The second-order valence-corrected chi connectivity index (χ2v) is 6.57. The van der Waals surface area contributed by atoms with Crippen LogP contribution in [0, 0.1) is 11.8 Å². The van der Waals surface area contributed by atoms with Crippen molar-refractivity contribution in [2.45, 2.75) is 52.0 Å². The largest absolute Gasteiger partial charge is 0.340 e. The Kier molecular flexibility index (Phi) is 5.85. The molecule has 2 aliphatic rings. The van der Waals surface area contributed by atoms with E-state index in [2.05, 4.69) is 23.6 Å². The zero-order valence-electron chi connectivity index (χ0n) is 13.2. The van der Waals surface area contributed by atoms with E-state index in [1.807, 2.05) is 0 Å². The van der Waals surface area contributed by atoms with Crippen LogP contribution in [0.4, 0.5) is 0 Å². The highest BCUT2D eigenvalue weighted by atomic mass is 16.2. The van der Waals surface area contributed by atoms with Gasteiger partial charge in [-0.15, -0.1) is 0 Å². The van der Waals surface area contributed by atoms with Crippen molar-refractivity contribution in [3.05, 3.63) is 0 Å². The number of rotatable bonds is 4. The summed E-state index contributed by atoms with van der Waals surface area (Å²) in [6.45, 7) is 9.22. The summed E-state index contributed by atoms with van der Waals surface area (Å²) in [5.74, 6) is 1.33. The number of carbonyl (C=O) groups is 1. The van der Waals surface area contributed by atoms with Crippen LogP contribution >= 0.6 is 0 Å². The Bertz CT molecular complexity index is 305. The van der Waals surface area contributed by atoms with Crippen molar-refractivity contribution in [2.24, 2.45) is 17.6 Å². The molecule has 4 nitrogen and oxygen atoms in total. The molecule has 2 rings (SSSR count). The van der Waals surface area contributed by atoms with Crippen LogP contribution < -0.4 is 5.73 Å². The maximum absolute atomic E-state index is 12.6. The lowest BCUT2D eigenvalue weighted by molar-refractivity contribution is -0.138. The van der Waals surface area contributed by atoms with E-state index >= 15 is 0 Å². The van der Waals surface area contributed by atoms with Gasteiger partial charge in [-0.1, -0.05) is 6.92 Å². The summed E-state index contributed by atoms with van der Waals surface area (Å²) in [7, 11) is 0. The number of carbonyl (C=O) groups excluding carboxylic acids is 1. The van der Waals surface area contributed by atoms with E-state index in [0.717, 1.165) is 58.4 Å². The molecule has 20 heavy (non-hydrogen) atoms. The molecular weight excluding hydrogens is 250 g/mol. The lowest BCUT2D eigenvalue weighted by Gasteiger charge is -2.40. The van der Waals surface area contributed by atoms with Gasteiger partial charge in [-0.2, -0.15) is 0 Å². The van der Waals surface area contributed by atoms with Crippen LogP contribution in [0.5, 0.6) is 0 Å². The lowest BCUT2D eigenvalue weighted by Crippen LogP contribution is -2.52. The summed E-state index contributed by atoms with van der Waals surface area (Å²) in [6, 6.07) is 0.646. The molecule has 0 bridgehead atoms. The van der Waals surface area contributed by atoms with E-state index in [1.165, 1.54) is 6.42 Å². The van der Waals surface area contributed by atoms with Gasteiger partial charge < -0.3 is 10.6 Å². The minimum Gasteiger partial charge on any atom is -0.340 e. The molecule has 116 valence electrons. The average molecular weight is 281 g/mol. The maximum Gasteiger partial charge on any atom is 0.225 e. The third-order valence-corrected chi connectivity index (χ3v) is 5.37. The van der Waals surface area contributed by atoms with E-state index in [1.54, 1.807) is 0 Å². The minimum absolute atomic E-state index is 0.271. The Morgan fingerprint density at radius 3 is 2.25 bits per heavy atom. The third-order valence-electron chi connectivity index (χ3n) is 5.37. The zero-order valence-corrected chi connectivity index (χ0v) is 13.2. The topological polar surface area (TPSA) is 49.6 Å². The van der Waals surface area contributed by atoms with E-state index in [4.69, 9.17) is 5.73 Å². The molecule has 2 fully saturated rings. The van der Waals surface area contributed by atoms with Gasteiger partial charge in [-0.3, -0.25) is 9.69 Å². The number of nitrogens with two attached hydrogens (primary N) is 1. The first-order valence-corrected chi connectivity index (χ1v) is 8.38. The molecule has 1 aliphatic heterocycles. The summed E-state index contributed by atoms with van der Waals surface area (Å²) in [4.78, 5) is 17.2. The van der Waals surface area contributed by atoms with E-state index in [0.29, 0.717) is 17.9 Å². The number of hydrogen-bond acceptors (Lipinski definition) is 3. The molecule has 0 aromatic heterocycles. The van der Waals surface area contributed by atoms with Gasteiger partial charge in [0.05, 0.1) is 0 Å². The van der Waals surface area contributed by atoms with Crippen LogP contribution in [0.15, 0.2) is 0 Å². The van der Waals surface area contributed by atoms with Crippen molar-refractivity contribution < 1.29 is 4.79 Å². The van der Waals surface area contributed by atoms with Gasteiger partial charge in [0.25, 0.3) is 0 Å². The monoisotopic (exact) mass is 281 g/mol. The van der Waals surface area contributed by atoms with Crippen molar-refractivity contribution in [3.8, 4) is 0 Å². The number of hydrogen-bond donors (Lipinski definition) is 1. The highest BCUT2D eigenvalue weighted by Gasteiger charge is 2.31. The summed E-state index contributed by atoms with van der Waals surface area (Å²) >= 11 is 0. The van der Waals surface area contributed by atoms with E-state index in [9.17, 15) is 4.79 Å². The van der Waals surface area contributed by atoms with Gasteiger partial charge in [0.2, 0.25) is 5.91 Å². The van der Waals surface area contributed by atoms with Gasteiger partial charge in [-0.25, -0.2) is 0 Å². The minimum atomic E-state index is 0.271. The van der Waals surface area contributed by atoms with E-state index < -0.39 is 0 Å². The van der Waals surface area contributed by atoms with Crippen molar-refractivity contribution >= 4 is 5.91 Å². The SMILES string of the molecule is CCC(C)N1CCN(C(=O)C2CCC(CN)CC2)CC1. The average Bonchev–Trinajstić information content (AvgIpc) is 2.53. The summed E-state index contributed by atoms with van der Waals surface area (Å²) in [5.41, 5.74) is 5.72. The highest BCUT2D eigenvalue weighted by molar-refractivity contribution is 5.79. The first-order chi connectivity index (χ1) is 9.65. The molecule has 0 radical (unpaired) electrons. The Morgan fingerprint density at radius 1 is 1.15 bits per heavy atom. The van der Waals surface area contributed by atoms with Gasteiger partial charge in [-0.05, 0) is 51.5 Å². The molecule has 1 saturated carbocycles. The highest BCUT2D eigenvalue weighted by Crippen LogP contribution is 2.29.